The van der Waals surface area contributed by atoms with Gasteiger partial charge in [0, 0.05) is 17.6 Å². The first-order chi connectivity index (χ1) is 14.9. The second-order valence-electron chi connectivity index (χ2n) is 6.93. The molecule has 0 aliphatic rings. The van der Waals surface area contributed by atoms with Crippen molar-refractivity contribution in [3.8, 4) is 0 Å². The molecule has 0 atom stereocenters. The van der Waals surface area contributed by atoms with Crippen LogP contribution in [0.1, 0.15) is 35.8 Å². The first kappa shape index (κ1) is 21.3. The lowest BCUT2D eigenvalue weighted by Crippen LogP contribution is -2.30. The van der Waals surface area contributed by atoms with E-state index in [0.717, 1.165) is 22.3 Å². The molecule has 4 aromatic rings. The average molecular weight is 461 g/mol. The molecule has 4 rings (SSSR count). The van der Waals surface area contributed by atoms with Crippen LogP contribution in [0, 0.1) is 0 Å². The normalized spacial score (nSPS) is 11.5. The van der Waals surface area contributed by atoms with Crippen LogP contribution >= 0.6 is 23.1 Å². The number of thioether (sulfide) groups is 1. The summed E-state index contributed by atoms with van der Waals surface area (Å²) >= 11 is 1.26. The largest absolute Gasteiger partial charge is 0.291 e. The van der Waals surface area contributed by atoms with Crippen molar-refractivity contribution in [2.45, 2.75) is 36.5 Å². The third-order valence-electron chi connectivity index (χ3n) is 4.41. The lowest BCUT2D eigenvalue weighted by Gasteiger charge is -2.19. The molecule has 1 aromatic carbocycles. The van der Waals surface area contributed by atoms with Gasteiger partial charge in [0.2, 0.25) is 5.13 Å². The van der Waals surface area contributed by atoms with E-state index in [1.807, 2.05) is 44.2 Å². The van der Waals surface area contributed by atoms with Crippen LogP contribution in [0.25, 0.3) is 11.0 Å². The molecule has 0 spiro atoms. The minimum atomic E-state index is -2.61. The third kappa shape index (κ3) is 4.72. The van der Waals surface area contributed by atoms with E-state index >= 15 is 0 Å². The quantitative estimate of drug-likeness (QED) is 0.285. The van der Waals surface area contributed by atoms with Crippen LogP contribution in [0.15, 0.2) is 53.1 Å². The maximum absolute atomic E-state index is 13.4. The summed E-state index contributed by atoms with van der Waals surface area (Å²) in [7, 11) is 0. The van der Waals surface area contributed by atoms with Crippen molar-refractivity contribution in [1.29, 1.82) is 0 Å². The Hall–Kier alpha value is -2.92. The van der Waals surface area contributed by atoms with Crippen LogP contribution in [0.4, 0.5) is 13.9 Å². The van der Waals surface area contributed by atoms with Crippen molar-refractivity contribution >= 4 is 45.2 Å². The number of fused-ring (bicyclic) bond motifs is 1. The maximum atomic E-state index is 13.4. The number of hydrogen-bond acceptors (Lipinski definition) is 7. The van der Waals surface area contributed by atoms with Gasteiger partial charge in [-0.25, -0.2) is 9.67 Å². The molecule has 0 saturated carbocycles. The molecule has 0 aliphatic carbocycles. The third-order valence-corrected chi connectivity index (χ3v) is 6.16. The van der Waals surface area contributed by atoms with Gasteiger partial charge in [-0.1, -0.05) is 41.7 Å². The average Bonchev–Trinajstić information content (AvgIpc) is 3.38. The number of rotatable bonds is 7. The number of carbonyl (C=O) groups is 1. The first-order valence-corrected chi connectivity index (χ1v) is 11.1. The van der Waals surface area contributed by atoms with Crippen molar-refractivity contribution in [2.75, 3.05) is 4.90 Å². The molecule has 0 bridgehead atoms. The molecule has 3 aromatic heterocycles. The lowest BCUT2D eigenvalue weighted by molar-refractivity contribution is 0.0984. The molecule has 0 saturated heterocycles. The van der Waals surface area contributed by atoms with E-state index in [-0.39, 0.29) is 28.0 Å². The lowest BCUT2D eigenvalue weighted by atomic mass is 10.2. The van der Waals surface area contributed by atoms with E-state index in [0.29, 0.717) is 23.0 Å². The Bertz CT molecular complexity index is 1190. The highest BCUT2D eigenvalue weighted by Crippen LogP contribution is 2.33. The van der Waals surface area contributed by atoms with Crippen molar-refractivity contribution < 1.29 is 13.6 Å². The van der Waals surface area contributed by atoms with E-state index in [4.69, 9.17) is 0 Å². The highest BCUT2D eigenvalue weighted by atomic mass is 32.2. The fourth-order valence-corrected chi connectivity index (χ4v) is 4.47. The molecule has 0 N–H and O–H groups in total. The van der Waals surface area contributed by atoms with Gasteiger partial charge in [-0.3, -0.25) is 9.69 Å². The van der Waals surface area contributed by atoms with E-state index in [9.17, 15) is 13.6 Å². The van der Waals surface area contributed by atoms with Gasteiger partial charge < -0.3 is 0 Å². The number of hydrogen-bond donors (Lipinski definition) is 0. The topological polar surface area (TPSA) is 76.8 Å². The number of carbonyl (C=O) groups excluding carboxylic acids is 1. The number of alkyl halides is 2. The summed E-state index contributed by atoms with van der Waals surface area (Å²) in [6.07, 6.45) is 3.17. The maximum Gasteiger partial charge on any atom is 0.291 e. The number of aromatic nitrogens is 5. The SMILES string of the molecule is CC(C)n1ncc2cc(C(=O)N(Cc3ccccc3)c3nnc(SC(F)F)s3)cnc21. The summed E-state index contributed by atoms with van der Waals surface area (Å²) in [6, 6.07) is 11.2. The molecular weight excluding hydrogens is 442 g/mol. The van der Waals surface area contributed by atoms with E-state index in [1.54, 1.807) is 16.9 Å². The molecule has 0 unspecified atom stereocenters. The van der Waals surface area contributed by atoms with E-state index in [1.165, 1.54) is 11.1 Å². The van der Waals surface area contributed by atoms with Gasteiger partial charge in [-0.2, -0.15) is 13.9 Å². The van der Waals surface area contributed by atoms with Gasteiger partial charge >= 0.3 is 0 Å². The Morgan fingerprint density at radius 2 is 1.97 bits per heavy atom. The molecule has 31 heavy (non-hydrogen) atoms. The highest BCUT2D eigenvalue weighted by Gasteiger charge is 2.24. The van der Waals surface area contributed by atoms with E-state index < -0.39 is 5.76 Å². The summed E-state index contributed by atoms with van der Waals surface area (Å²) in [5, 5.41) is 13.1. The van der Waals surface area contributed by atoms with Crippen molar-refractivity contribution in [3.63, 3.8) is 0 Å². The van der Waals surface area contributed by atoms with Gasteiger partial charge in [0.15, 0.2) is 9.99 Å². The molecular formula is C20H18F2N6OS2. The summed E-state index contributed by atoms with van der Waals surface area (Å²) < 4.78 is 27.3. The Morgan fingerprint density at radius 1 is 1.19 bits per heavy atom. The van der Waals surface area contributed by atoms with Crippen LogP contribution in [-0.4, -0.2) is 36.6 Å². The summed E-state index contributed by atoms with van der Waals surface area (Å²) in [4.78, 5) is 19.3. The second-order valence-corrected chi connectivity index (χ2v) is 9.12. The van der Waals surface area contributed by atoms with Gasteiger partial charge in [-0.05, 0) is 37.2 Å². The Labute approximate surface area is 185 Å². The standard InChI is InChI=1S/C20H18F2N6OS2/c1-12(2)28-16-14(10-24-28)8-15(9-23-16)17(29)27(11-13-6-4-3-5-7-13)19-25-26-20(31-19)30-18(21)22/h3-10,12,18H,11H2,1-2H3. The minimum absolute atomic E-state index is 0.0997. The second kappa shape index (κ2) is 9.06. The van der Waals surface area contributed by atoms with Gasteiger partial charge in [0.1, 0.15) is 0 Å². The first-order valence-electron chi connectivity index (χ1n) is 9.39. The van der Waals surface area contributed by atoms with Crippen molar-refractivity contribution in [1.82, 2.24) is 25.0 Å². The predicted octanol–water partition coefficient (Wildman–Crippen LogP) is 5.03. The molecule has 0 fully saturated rings. The minimum Gasteiger partial charge on any atom is -0.278 e. The number of anilines is 1. The zero-order chi connectivity index (χ0) is 22.0. The molecule has 1 amide bonds. The van der Waals surface area contributed by atoms with Gasteiger partial charge in [-0.15, -0.1) is 10.2 Å². The zero-order valence-corrected chi connectivity index (χ0v) is 18.3. The Morgan fingerprint density at radius 3 is 2.68 bits per heavy atom. The molecule has 160 valence electrons. The molecule has 0 radical (unpaired) electrons. The summed E-state index contributed by atoms with van der Waals surface area (Å²) in [6.45, 7) is 4.22. The van der Waals surface area contributed by atoms with Crippen molar-refractivity contribution in [3.05, 3.63) is 59.9 Å². The number of halogens is 2. The molecule has 11 heteroatoms. The number of benzene rings is 1. The fraction of sp³-hybridized carbons (Fsp3) is 0.250. The molecule has 3 heterocycles. The van der Waals surface area contributed by atoms with Gasteiger partial charge in [0.25, 0.3) is 11.7 Å². The summed E-state index contributed by atoms with van der Waals surface area (Å²) in [5.41, 5.74) is 1.91. The van der Waals surface area contributed by atoms with Gasteiger partial charge in [0.05, 0.1) is 18.3 Å². The Balaban J connectivity index is 1.69. The number of pyridine rings is 1. The zero-order valence-electron chi connectivity index (χ0n) is 16.6. The smallest absolute Gasteiger partial charge is 0.278 e. The van der Waals surface area contributed by atoms with Crippen LogP contribution in [-0.2, 0) is 6.54 Å². The monoisotopic (exact) mass is 460 g/mol. The van der Waals surface area contributed by atoms with Crippen LogP contribution < -0.4 is 4.90 Å². The van der Waals surface area contributed by atoms with E-state index in [2.05, 4.69) is 20.3 Å². The fourth-order valence-electron chi connectivity index (χ4n) is 3.02. The van der Waals surface area contributed by atoms with Crippen LogP contribution in [0.5, 0.6) is 0 Å². The molecule has 7 nitrogen and oxygen atoms in total. The van der Waals surface area contributed by atoms with Crippen molar-refractivity contribution in [2.24, 2.45) is 0 Å². The predicted molar refractivity (Wildman–Crippen MR) is 117 cm³/mol. The Kier molecular flexibility index (Phi) is 6.23. The van der Waals surface area contributed by atoms with Crippen LogP contribution in [0.3, 0.4) is 0 Å². The number of nitrogens with zero attached hydrogens (tertiary/aromatic N) is 6. The van der Waals surface area contributed by atoms with Crippen LogP contribution in [0.2, 0.25) is 0 Å². The summed E-state index contributed by atoms with van der Waals surface area (Å²) in [5.74, 6) is -2.96. The highest BCUT2D eigenvalue weighted by molar-refractivity contribution is 8.01. The molecule has 0 aliphatic heterocycles. The number of amides is 1.